The van der Waals surface area contributed by atoms with Gasteiger partial charge in [0.1, 0.15) is 5.52 Å². The molecule has 0 radical (unpaired) electrons. The minimum Gasteiger partial charge on any atom is -0.439 e. The van der Waals surface area contributed by atoms with E-state index in [4.69, 9.17) is 4.42 Å². The first-order chi connectivity index (χ1) is 9.31. The lowest BCUT2D eigenvalue weighted by molar-refractivity contribution is 0.222. The van der Waals surface area contributed by atoms with Crippen LogP contribution >= 0.6 is 0 Å². The summed E-state index contributed by atoms with van der Waals surface area (Å²) in [6, 6.07) is 7.94. The van der Waals surface area contributed by atoms with Crippen LogP contribution in [-0.2, 0) is 6.54 Å². The SMILES string of the molecule is CN(Cc1nc2ccccc2o1)CC1CCCNC1. The summed E-state index contributed by atoms with van der Waals surface area (Å²) >= 11 is 0. The average Bonchev–Trinajstić information content (AvgIpc) is 2.81. The van der Waals surface area contributed by atoms with E-state index in [1.165, 1.54) is 19.4 Å². The molecule has 1 aliphatic heterocycles. The van der Waals surface area contributed by atoms with Gasteiger partial charge < -0.3 is 9.73 Å². The second kappa shape index (κ2) is 5.72. The highest BCUT2D eigenvalue weighted by molar-refractivity contribution is 5.72. The molecule has 4 heteroatoms. The molecule has 0 amide bonds. The fourth-order valence-electron chi connectivity index (χ4n) is 2.80. The minimum absolute atomic E-state index is 0.753. The van der Waals surface area contributed by atoms with Crippen LogP contribution in [0.2, 0.25) is 0 Å². The lowest BCUT2D eigenvalue weighted by Crippen LogP contribution is -2.36. The molecule has 3 rings (SSSR count). The monoisotopic (exact) mass is 259 g/mol. The molecule has 1 N–H and O–H groups in total. The number of fused-ring (bicyclic) bond motifs is 1. The van der Waals surface area contributed by atoms with Crippen LogP contribution in [0.15, 0.2) is 28.7 Å². The Morgan fingerprint density at radius 2 is 2.32 bits per heavy atom. The van der Waals surface area contributed by atoms with Crippen LogP contribution in [-0.4, -0.2) is 36.6 Å². The van der Waals surface area contributed by atoms with Crippen LogP contribution in [0.3, 0.4) is 0 Å². The summed E-state index contributed by atoms with van der Waals surface area (Å²) in [4.78, 5) is 6.83. The van der Waals surface area contributed by atoms with Gasteiger partial charge in [0.05, 0.1) is 6.54 Å². The fraction of sp³-hybridized carbons (Fsp3) is 0.533. The predicted molar refractivity (Wildman–Crippen MR) is 75.9 cm³/mol. The third-order valence-electron chi connectivity index (χ3n) is 3.71. The highest BCUT2D eigenvalue weighted by atomic mass is 16.3. The number of benzene rings is 1. The van der Waals surface area contributed by atoms with Crippen molar-refractivity contribution in [3.05, 3.63) is 30.2 Å². The highest BCUT2D eigenvalue weighted by Crippen LogP contribution is 2.17. The molecule has 1 aromatic carbocycles. The molecule has 2 heterocycles. The van der Waals surface area contributed by atoms with E-state index in [1.807, 2.05) is 24.3 Å². The van der Waals surface area contributed by atoms with E-state index >= 15 is 0 Å². The Bertz CT molecular complexity index is 498. The summed E-state index contributed by atoms with van der Waals surface area (Å²) in [7, 11) is 2.14. The van der Waals surface area contributed by atoms with E-state index in [-0.39, 0.29) is 0 Å². The number of hydrogen-bond acceptors (Lipinski definition) is 4. The molecule has 1 saturated heterocycles. The summed E-state index contributed by atoms with van der Waals surface area (Å²) in [5, 5.41) is 3.46. The van der Waals surface area contributed by atoms with Gasteiger partial charge in [-0.1, -0.05) is 12.1 Å². The molecule has 0 bridgehead atoms. The van der Waals surface area contributed by atoms with Crippen LogP contribution in [0.4, 0.5) is 0 Å². The van der Waals surface area contributed by atoms with Gasteiger partial charge in [-0.2, -0.15) is 0 Å². The number of para-hydroxylation sites is 2. The Balaban J connectivity index is 1.60. The van der Waals surface area contributed by atoms with Crippen molar-refractivity contribution in [3.8, 4) is 0 Å². The highest BCUT2D eigenvalue weighted by Gasteiger charge is 2.16. The average molecular weight is 259 g/mol. The fourth-order valence-corrected chi connectivity index (χ4v) is 2.80. The van der Waals surface area contributed by atoms with Gasteiger partial charge in [-0.3, -0.25) is 4.90 Å². The second-order valence-electron chi connectivity index (χ2n) is 5.48. The van der Waals surface area contributed by atoms with Crippen molar-refractivity contribution in [2.24, 2.45) is 5.92 Å². The normalized spacial score (nSPS) is 20.2. The molecule has 0 saturated carbocycles. The van der Waals surface area contributed by atoms with E-state index in [9.17, 15) is 0 Å². The lowest BCUT2D eigenvalue weighted by Gasteiger charge is -2.26. The molecule has 1 unspecified atom stereocenters. The lowest BCUT2D eigenvalue weighted by atomic mass is 9.99. The Morgan fingerprint density at radius 3 is 3.11 bits per heavy atom. The predicted octanol–water partition coefficient (Wildman–Crippen LogP) is 2.26. The summed E-state index contributed by atoms with van der Waals surface area (Å²) in [5.74, 6) is 1.57. The molecule has 4 nitrogen and oxygen atoms in total. The smallest absolute Gasteiger partial charge is 0.209 e. The van der Waals surface area contributed by atoms with Crippen molar-refractivity contribution in [2.75, 3.05) is 26.7 Å². The zero-order valence-corrected chi connectivity index (χ0v) is 11.4. The van der Waals surface area contributed by atoms with Gasteiger partial charge in [-0.05, 0) is 51.0 Å². The number of hydrogen-bond donors (Lipinski definition) is 1. The molecule has 1 aliphatic rings. The van der Waals surface area contributed by atoms with Crippen LogP contribution in [0.1, 0.15) is 18.7 Å². The van der Waals surface area contributed by atoms with Crippen molar-refractivity contribution in [2.45, 2.75) is 19.4 Å². The third kappa shape index (κ3) is 3.14. The number of nitrogens with one attached hydrogen (secondary N) is 1. The van der Waals surface area contributed by atoms with Gasteiger partial charge in [0.25, 0.3) is 0 Å². The van der Waals surface area contributed by atoms with E-state index < -0.39 is 0 Å². The second-order valence-corrected chi connectivity index (χ2v) is 5.48. The summed E-state index contributed by atoms with van der Waals surface area (Å²) in [6.07, 6.45) is 2.62. The molecule has 0 aliphatic carbocycles. The van der Waals surface area contributed by atoms with Crippen LogP contribution in [0.5, 0.6) is 0 Å². The Hall–Kier alpha value is -1.39. The number of nitrogens with zero attached hydrogens (tertiary/aromatic N) is 2. The topological polar surface area (TPSA) is 41.3 Å². The first kappa shape index (κ1) is 12.6. The molecular formula is C15H21N3O. The van der Waals surface area contributed by atoms with Crippen LogP contribution in [0, 0.1) is 5.92 Å². The third-order valence-corrected chi connectivity index (χ3v) is 3.71. The summed E-state index contributed by atoms with van der Waals surface area (Å²) in [5.41, 5.74) is 1.83. The van der Waals surface area contributed by atoms with Crippen molar-refractivity contribution in [3.63, 3.8) is 0 Å². The Labute approximate surface area is 113 Å². The molecular weight excluding hydrogens is 238 g/mol. The zero-order valence-electron chi connectivity index (χ0n) is 11.4. The quantitative estimate of drug-likeness (QED) is 0.914. The van der Waals surface area contributed by atoms with Crippen molar-refractivity contribution >= 4 is 11.1 Å². The standard InChI is InChI=1S/C15H21N3O/c1-18(10-12-5-4-8-16-9-12)11-15-17-13-6-2-3-7-14(13)19-15/h2-3,6-7,12,16H,4-5,8-11H2,1H3. The largest absolute Gasteiger partial charge is 0.439 e. The van der Waals surface area contributed by atoms with Gasteiger partial charge >= 0.3 is 0 Å². The van der Waals surface area contributed by atoms with Crippen molar-refractivity contribution in [1.29, 1.82) is 0 Å². The van der Waals surface area contributed by atoms with E-state index in [0.717, 1.165) is 42.5 Å². The first-order valence-electron chi connectivity index (χ1n) is 7.05. The first-order valence-corrected chi connectivity index (χ1v) is 7.05. The van der Waals surface area contributed by atoms with Gasteiger partial charge in [0.2, 0.25) is 5.89 Å². The number of rotatable bonds is 4. The molecule has 102 valence electrons. The zero-order chi connectivity index (χ0) is 13.1. The van der Waals surface area contributed by atoms with Crippen LogP contribution < -0.4 is 5.32 Å². The van der Waals surface area contributed by atoms with Gasteiger partial charge in [0, 0.05) is 6.54 Å². The molecule has 19 heavy (non-hydrogen) atoms. The van der Waals surface area contributed by atoms with E-state index in [0.29, 0.717) is 0 Å². The van der Waals surface area contributed by atoms with Gasteiger partial charge in [-0.25, -0.2) is 4.98 Å². The summed E-state index contributed by atoms with van der Waals surface area (Å²) < 4.78 is 5.76. The van der Waals surface area contributed by atoms with Crippen LogP contribution in [0.25, 0.3) is 11.1 Å². The van der Waals surface area contributed by atoms with Crippen molar-refractivity contribution in [1.82, 2.24) is 15.2 Å². The molecule has 0 spiro atoms. The number of oxazole rings is 1. The maximum atomic E-state index is 5.76. The molecule has 1 fully saturated rings. The molecule has 1 aromatic heterocycles. The maximum Gasteiger partial charge on any atom is 0.209 e. The molecule has 1 atom stereocenters. The van der Waals surface area contributed by atoms with E-state index in [1.54, 1.807) is 0 Å². The summed E-state index contributed by atoms with van der Waals surface area (Å²) in [6.45, 7) is 4.19. The Morgan fingerprint density at radius 1 is 1.42 bits per heavy atom. The Kier molecular flexibility index (Phi) is 3.80. The van der Waals surface area contributed by atoms with Gasteiger partial charge in [0.15, 0.2) is 5.58 Å². The minimum atomic E-state index is 0.753. The number of piperidine rings is 1. The number of aromatic nitrogens is 1. The van der Waals surface area contributed by atoms with E-state index in [2.05, 4.69) is 22.2 Å². The molecule has 2 aromatic rings. The maximum absolute atomic E-state index is 5.76. The van der Waals surface area contributed by atoms with Crippen molar-refractivity contribution < 1.29 is 4.42 Å². The van der Waals surface area contributed by atoms with Gasteiger partial charge in [-0.15, -0.1) is 0 Å².